The molecule has 0 amide bonds. The van der Waals surface area contributed by atoms with E-state index >= 15 is 0 Å². The number of hydrogen-bond acceptors (Lipinski definition) is 5. The van der Waals surface area contributed by atoms with Crippen molar-refractivity contribution in [3.8, 4) is 10.6 Å². The molecule has 32 heavy (non-hydrogen) atoms. The fourth-order valence-electron chi connectivity index (χ4n) is 5.02. The van der Waals surface area contributed by atoms with E-state index in [0.717, 1.165) is 33.8 Å². The van der Waals surface area contributed by atoms with Gasteiger partial charge in [0.05, 0.1) is 21.2 Å². The lowest BCUT2D eigenvalue weighted by molar-refractivity contribution is -0.384. The van der Waals surface area contributed by atoms with E-state index in [1.807, 2.05) is 12.1 Å². The normalized spacial score (nSPS) is 21.2. The molecule has 0 fully saturated rings. The van der Waals surface area contributed by atoms with Crippen LogP contribution in [-0.4, -0.2) is 9.91 Å². The summed E-state index contributed by atoms with van der Waals surface area (Å²) >= 11 is 1.74. The van der Waals surface area contributed by atoms with Crippen LogP contribution in [0.25, 0.3) is 20.8 Å². The summed E-state index contributed by atoms with van der Waals surface area (Å²) in [4.78, 5) is 15.6. The molecule has 3 atom stereocenters. The van der Waals surface area contributed by atoms with Crippen LogP contribution < -0.4 is 5.32 Å². The second-order valence-corrected chi connectivity index (χ2v) is 9.65. The second kappa shape index (κ2) is 7.28. The van der Waals surface area contributed by atoms with Crippen molar-refractivity contribution in [1.29, 1.82) is 0 Å². The van der Waals surface area contributed by atoms with Crippen LogP contribution in [-0.2, 0) is 0 Å². The monoisotopic (exact) mass is 439 g/mol. The molecule has 0 bridgehead atoms. The first-order valence-electron chi connectivity index (χ1n) is 10.8. The number of hydrogen-bond donors (Lipinski definition) is 1. The number of fused-ring (bicyclic) bond motifs is 4. The van der Waals surface area contributed by atoms with Gasteiger partial charge in [-0.05, 0) is 66.3 Å². The number of nitrogens with one attached hydrogen (secondary N) is 1. The van der Waals surface area contributed by atoms with Crippen molar-refractivity contribution < 1.29 is 4.92 Å². The molecule has 2 heterocycles. The molecule has 1 aromatic heterocycles. The molecule has 0 saturated carbocycles. The average Bonchev–Trinajstić information content (AvgIpc) is 3.45. The molecule has 6 rings (SSSR count). The van der Waals surface area contributed by atoms with Crippen molar-refractivity contribution in [3.63, 3.8) is 0 Å². The van der Waals surface area contributed by atoms with E-state index in [9.17, 15) is 10.1 Å². The number of anilines is 1. The molecule has 1 aliphatic carbocycles. The summed E-state index contributed by atoms with van der Waals surface area (Å²) in [6.45, 7) is 2.11. The number of allylic oxidation sites excluding steroid dienone is 2. The molecule has 0 saturated heterocycles. The third kappa shape index (κ3) is 3.10. The van der Waals surface area contributed by atoms with Crippen LogP contribution in [0.15, 0.2) is 72.8 Å². The molecule has 4 aromatic rings. The zero-order valence-corrected chi connectivity index (χ0v) is 18.3. The highest BCUT2D eigenvalue weighted by molar-refractivity contribution is 7.21. The van der Waals surface area contributed by atoms with Crippen LogP contribution >= 0.6 is 11.3 Å². The third-order valence-corrected chi connectivity index (χ3v) is 7.68. The molecule has 6 heteroatoms. The Hall–Kier alpha value is -3.51. The van der Waals surface area contributed by atoms with E-state index in [1.54, 1.807) is 23.5 Å². The van der Waals surface area contributed by atoms with Gasteiger partial charge in [-0.15, -0.1) is 11.3 Å². The highest BCUT2D eigenvalue weighted by atomic mass is 32.1. The summed E-state index contributed by atoms with van der Waals surface area (Å²) in [6, 6.07) is 20.1. The molecular formula is C26H21N3O2S. The molecule has 0 spiro atoms. The molecule has 5 nitrogen and oxygen atoms in total. The Kier molecular flexibility index (Phi) is 4.36. The van der Waals surface area contributed by atoms with E-state index in [1.165, 1.54) is 15.8 Å². The maximum atomic E-state index is 11.0. The van der Waals surface area contributed by atoms with Crippen LogP contribution in [0.4, 0.5) is 11.4 Å². The van der Waals surface area contributed by atoms with Crippen LogP contribution in [0.3, 0.4) is 0 Å². The van der Waals surface area contributed by atoms with E-state index in [2.05, 4.69) is 60.8 Å². The molecular weight excluding hydrogens is 418 g/mol. The Morgan fingerprint density at radius 2 is 1.94 bits per heavy atom. The van der Waals surface area contributed by atoms with Gasteiger partial charge in [-0.3, -0.25) is 10.1 Å². The zero-order chi connectivity index (χ0) is 21.8. The first-order chi connectivity index (χ1) is 15.6. The smallest absolute Gasteiger partial charge is 0.269 e. The number of aryl methyl sites for hydroxylation is 1. The lowest BCUT2D eigenvalue weighted by Crippen LogP contribution is -2.29. The van der Waals surface area contributed by atoms with Gasteiger partial charge >= 0.3 is 0 Å². The fourth-order valence-corrected chi connectivity index (χ4v) is 6.08. The van der Waals surface area contributed by atoms with Crippen LogP contribution in [0, 0.1) is 23.0 Å². The third-order valence-electron chi connectivity index (χ3n) is 6.62. The Labute approximate surface area is 189 Å². The van der Waals surface area contributed by atoms with Crippen molar-refractivity contribution in [3.05, 3.63) is 99.6 Å². The summed E-state index contributed by atoms with van der Waals surface area (Å²) < 4.78 is 1.22. The van der Waals surface area contributed by atoms with Gasteiger partial charge in [0.25, 0.3) is 5.69 Å². The second-order valence-electron chi connectivity index (χ2n) is 8.62. The number of thiazole rings is 1. The molecule has 1 N–H and O–H groups in total. The highest BCUT2D eigenvalue weighted by Crippen LogP contribution is 2.50. The number of rotatable bonds is 3. The molecule has 158 valence electrons. The lowest BCUT2D eigenvalue weighted by Gasteiger charge is -2.37. The highest BCUT2D eigenvalue weighted by Gasteiger charge is 2.38. The first-order valence-corrected chi connectivity index (χ1v) is 11.6. The molecule has 1 aliphatic heterocycles. The minimum atomic E-state index is -0.349. The van der Waals surface area contributed by atoms with Crippen LogP contribution in [0.1, 0.15) is 35.1 Å². The van der Waals surface area contributed by atoms with E-state index in [-0.39, 0.29) is 16.7 Å². The Balaban J connectivity index is 1.37. The predicted octanol–water partition coefficient (Wildman–Crippen LogP) is 7.01. The quantitative estimate of drug-likeness (QED) is 0.212. The predicted molar refractivity (Wildman–Crippen MR) is 129 cm³/mol. The topological polar surface area (TPSA) is 68.1 Å². The van der Waals surface area contributed by atoms with Crippen LogP contribution in [0.2, 0.25) is 0 Å². The summed E-state index contributed by atoms with van der Waals surface area (Å²) in [5.41, 5.74) is 7.09. The van der Waals surface area contributed by atoms with Gasteiger partial charge in [-0.2, -0.15) is 0 Å². The van der Waals surface area contributed by atoms with E-state index < -0.39 is 0 Å². The van der Waals surface area contributed by atoms with Gasteiger partial charge in [-0.25, -0.2) is 4.98 Å². The summed E-state index contributed by atoms with van der Waals surface area (Å²) in [6.07, 6.45) is 5.56. The van der Waals surface area contributed by atoms with Gasteiger partial charge < -0.3 is 5.32 Å². The first kappa shape index (κ1) is 19.2. The largest absolute Gasteiger partial charge is 0.378 e. The molecule has 0 unspecified atom stereocenters. The Morgan fingerprint density at radius 1 is 1.09 bits per heavy atom. The lowest BCUT2D eigenvalue weighted by atomic mass is 9.76. The Bertz CT molecular complexity index is 1390. The number of nitro benzene ring substituents is 1. The van der Waals surface area contributed by atoms with Gasteiger partial charge in [0.15, 0.2) is 0 Å². The van der Waals surface area contributed by atoms with E-state index in [4.69, 9.17) is 4.98 Å². The Morgan fingerprint density at radius 3 is 2.75 bits per heavy atom. The molecule has 0 radical (unpaired) electrons. The van der Waals surface area contributed by atoms with Crippen molar-refractivity contribution in [2.24, 2.45) is 5.92 Å². The number of non-ortho nitro benzene ring substituents is 1. The number of aromatic nitrogens is 1. The van der Waals surface area contributed by atoms with Gasteiger partial charge in [0.1, 0.15) is 5.01 Å². The number of nitro groups is 1. The van der Waals surface area contributed by atoms with Crippen molar-refractivity contribution >= 4 is 32.9 Å². The average molecular weight is 440 g/mol. The summed E-state index contributed by atoms with van der Waals surface area (Å²) in [7, 11) is 0. The summed E-state index contributed by atoms with van der Waals surface area (Å²) in [5, 5.41) is 15.8. The van der Waals surface area contributed by atoms with E-state index in [0.29, 0.717) is 11.8 Å². The fraction of sp³-hybridized carbons (Fsp3) is 0.192. The summed E-state index contributed by atoms with van der Waals surface area (Å²) in [5.74, 6) is 0.709. The van der Waals surface area contributed by atoms with Gasteiger partial charge in [-0.1, -0.05) is 30.4 Å². The van der Waals surface area contributed by atoms with Crippen molar-refractivity contribution in [2.75, 3.05) is 5.32 Å². The number of nitrogens with zero attached hydrogens (tertiary/aromatic N) is 2. The van der Waals surface area contributed by atoms with Crippen molar-refractivity contribution in [2.45, 2.75) is 25.3 Å². The number of benzene rings is 3. The van der Waals surface area contributed by atoms with Crippen molar-refractivity contribution in [1.82, 2.24) is 4.98 Å². The van der Waals surface area contributed by atoms with Gasteiger partial charge in [0, 0.05) is 29.3 Å². The maximum absolute atomic E-state index is 11.0. The van der Waals surface area contributed by atoms with Gasteiger partial charge in [0.2, 0.25) is 0 Å². The zero-order valence-electron chi connectivity index (χ0n) is 17.5. The SMILES string of the molecule is Cc1ccc2nc(-c3ccc4c(c3)[C@@H]3C=CC[C@@H]3[C@H](c3ccc([N+](=O)[O-])cc3)N4)sc2c1. The minimum absolute atomic E-state index is 0.125. The standard InChI is InChI=1S/C26H21N3O2S/c1-15-5-11-23-24(13-15)32-26(28-23)17-8-12-22-21(14-17)19-3-2-4-20(19)25(27-22)16-6-9-18(10-7-16)29(30)31/h2-3,5-14,19-20,25,27H,4H2,1H3/t19-,20+,25+/m1/s1. The maximum Gasteiger partial charge on any atom is 0.269 e. The minimum Gasteiger partial charge on any atom is -0.378 e. The molecule has 2 aliphatic rings. The molecule has 3 aromatic carbocycles. The van der Waals surface area contributed by atoms with Crippen LogP contribution in [0.5, 0.6) is 0 Å².